The third kappa shape index (κ3) is 5.93. The van der Waals surface area contributed by atoms with Gasteiger partial charge in [-0.3, -0.25) is 9.59 Å². The van der Waals surface area contributed by atoms with Gasteiger partial charge in [-0.05, 0) is 61.2 Å². The molecule has 2 heterocycles. The number of hydrogen-bond donors (Lipinski definition) is 1. The number of anilines is 2. The number of nitrogens with one attached hydrogen (secondary N) is 1. The summed E-state index contributed by atoms with van der Waals surface area (Å²) in [6, 6.07) is 13.5. The average Bonchev–Trinajstić information content (AvgIpc) is 3.44. The van der Waals surface area contributed by atoms with E-state index in [1.165, 1.54) is 16.9 Å². The van der Waals surface area contributed by atoms with E-state index < -0.39 is 0 Å². The zero-order valence-corrected chi connectivity index (χ0v) is 20.8. The van der Waals surface area contributed by atoms with Gasteiger partial charge >= 0.3 is 0 Å². The van der Waals surface area contributed by atoms with Gasteiger partial charge in [0.15, 0.2) is 0 Å². The Morgan fingerprint density at radius 3 is 2.76 bits per heavy atom. The first-order valence-electron chi connectivity index (χ1n) is 11.3. The maximum atomic E-state index is 12.6. The van der Waals surface area contributed by atoms with Crippen molar-refractivity contribution in [1.82, 2.24) is 10.2 Å². The molecule has 178 valence electrons. The van der Waals surface area contributed by atoms with E-state index >= 15 is 0 Å². The number of carbonyl (C=O) groups excluding carboxylic acids is 2. The average molecular weight is 499 g/mol. The molecule has 1 fully saturated rings. The molecule has 7 nitrogen and oxygen atoms in total. The van der Waals surface area contributed by atoms with Crippen LogP contribution < -0.4 is 15.0 Å². The standard InChI is InChI=1S/C25H27ClN4O3S/c1-3-17-6-9-20(10-7-17)30-15-18(14-23(30)32)24-28-29-25(34-24)27-22(31)5-4-12-33-21-11-8-19(26)13-16(21)2/h6-11,13,18H,3-5,12,14-15H2,1-2H3,(H,27,29,31). The van der Waals surface area contributed by atoms with E-state index in [4.69, 9.17) is 16.3 Å². The number of aryl methyl sites for hydroxylation is 2. The molecule has 1 aromatic heterocycles. The number of ether oxygens (including phenoxy) is 1. The van der Waals surface area contributed by atoms with Crippen LogP contribution in [0.3, 0.4) is 0 Å². The van der Waals surface area contributed by atoms with E-state index in [1.54, 1.807) is 11.0 Å². The summed E-state index contributed by atoms with van der Waals surface area (Å²) in [5.74, 6) is 0.669. The van der Waals surface area contributed by atoms with Gasteiger partial charge in [0.2, 0.25) is 16.9 Å². The van der Waals surface area contributed by atoms with Gasteiger partial charge in [0, 0.05) is 36.0 Å². The lowest BCUT2D eigenvalue weighted by molar-refractivity contribution is -0.117. The molecule has 1 aliphatic rings. The van der Waals surface area contributed by atoms with Crippen molar-refractivity contribution < 1.29 is 14.3 Å². The van der Waals surface area contributed by atoms with Crippen LogP contribution >= 0.6 is 22.9 Å². The molecule has 34 heavy (non-hydrogen) atoms. The lowest BCUT2D eigenvalue weighted by Gasteiger charge is -2.16. The van der Waals surface area contributed by atoms with Crippen molar-refractivity contribution in [3.05, 3.63) is 63.6 Å². The third-order valence-electron chi connectivity index (χ3n) is 5.76. The largest absolute Gasteiger partial charge is 0.493 e. The predicted octanol–water partition coefficient (Wildman–Crippen LogP) is 5.38. The highest BCUT2D eigenvalue weighted by Gasteiger charge is 2.34. The van der Waals surface area contributed by atoms with E-state index in [9.17, 15) is 9.59 Å². The van der Waals surface area contributed by atoms with Gasteiger partial charge in [0.1, 0.15) is 10.8 Å². The molecular formula is C25H27ClN4O3S. The van der Waals surface area contributed by atoms with Crippen molar-refractivity contribution in [2.75, 3.05) is 23.4 Å². The minimum atomic E-state index is -0.140. The Morgan fingerprint density at radius 2 is 2.03 bits per heavy atom. The molecular weight excluding hydrogens is 472 g/mol. The van der Waals surface area contributed by atoms with Crippen molar-refractivity contribution in [2.45, 2.75) is 45.4 Å². The summed E-state index contributed by atoms with van der Waals surface area (Å²) in [5, 5.41) is 13.0. The molecule has 4 rings (SSSR count). The van der Waals surface area contributed by atoms with Gasteiger partial charge < -0.3 is 15.0 Å². The molecule has 9 heteroatoms. The summed E-state index contributed by atoms with van der Waals surface area (Å²) in [5.41, 5.74) is 3.10. The van der Waals surface area contributed by atoms with E-state index in [0.29, 0.717) is 42.6 Å². The zero-order valence-electron chi connectivity index (χ0n) is 19.2. The van der Waals surface area contributed by atoms with E-state index in [1.807, 2.05) is 31.2 Å². The molecule has 0 saturated carbocycles. The first-order chi connectivity index (χ1) is 16.4. The fourth-order valence-corrected chi connectivity index (χ4v) is 4.93. The monoisotopic (exact) mass is 498 g/mol. The van der Waals surface area contributed by atoms with Crippen molar-refractivity contribution in [1.29, 1.82) is 0 Å². The number of benzene rings is 2. The molecule has 3 aromatic rings. The van der Waals surface area contributed by atoms with Crippen molar-refractivity contribution in [2.24, 2.45) is 0 Å². The molecule has 1 aliphatic heterocycles. The van der Waals surface area contributed by atoms with Crippen LogP contribution in [0.1, 0.15) is 48.2 Å². The topological polar surface area (TPSA) is 84.4 Å². The summed E-state index contributed by atoms with van der Waals surface area (Å²) in [4.78, 5) is 26.7. The Morgan fingerprint density at radius 1 is 1.24 bits per heavy atom. The Kier molecular flexibility index (Phi) is 7.80. The summed E-state index contributed by atoms with van der Waals surface area (Å²) < 4.78 is 5.73. The Balaban J connectivity index is 1.25. The quantitative estimate of drug-likeness (QED) is 0.400. The highest BCUT2D eigenvalue weighted by Crippen LogP contribution is 2.34. The molecule has 1 saturated heterocycles. The highest BCUT2D eigenvalue weighted by molar-refractivity contribution is 7.15. The number of aromatic nitrogens is 2. The SMILES string of the molecule is CCc1ccc(N2CC(c3nnc(NC(=O)CCCOc4ccc(Cl)cc4C)s3)CC2=O)cc1. The van der Waals surface area contributed by atoms with Gasteiger partial charge in [-0.1, -0.05) is 42.0 Å². The Bertz CT molecular complexity index is 1170. The first-order valence-corrected chi connectivity index (χ1v) is 12.5. The van der Waals surface area contributed by atoms with Crippen LogP contribution in [0.2, 0.25) is 5.02 Å². The molecule has 2 aromatic carbocycles. The van der Waals surface area contributed by atoms with Gasteiger partial charge in [0.25, 0.3) is 0 Å². The number of nitrogens with zero attached hydrogens (tertiary/aromatic N) is 3. The van der Waals surface area contributed by atoms with Crippen molar-refractivity contribution in [3.8, 4) is 5.75 Å². The summed E-state index contributed by atoms with van der Waals surface area (Å²) >= 11 is 7.28. The lowest BCUT2D eigenvalue weighted by atomic mass is 10.1. The van der Waals surface area contributed by atoms with Gasteiger partial charge in [-0.2, -0.15) is 0 Å². The third-order valence-corrected chi connectivity index (χ3v) is 7.00. The van der Waals surface area contributed by atoms with Gasteiger partial charge in [-0.15, -0.1) is 10.2 Å². The Hall–Kier alpha value is -2.97. The van der Waals surface area contributed by atoms with E-state index in [0.717, 1.165) is 28.4 Å². The molecule has 0 bridgehead atoms. The van der Waals surface area contributed by atoms with E-state index in [-0.39, 0.29) is 17.7 Å². The molecule has 2 amide bonds. The van der Waals surface area contributed by atoms with Gasteiger partial charge in [-0.25, -0.2) is 0 Å². The fourth-order valence-electron chi connectivity index (χ4n) is 3.86. The second kappa shape index (κ2) is 11.0. The number of halogens is 1. The minimum Gasteiger partial charge on any atom is -0.493 e. The van der Waals surface area contributed by atoms with Crippen LogP contribution in [0.4, 0.5) is 10.8 Å². The van der Waals surface area contributed by atoms with Crippen molar-refractivity contribution in [3.63, 3.8) is 0 Å². The normalized spacial score (nSPS) is 15.6. The molecule has 1 unspecified atom stereocenters. The smallest absolute Gasteiger partial charge is 0.227 e. The van der Waals surface area contributed by atoms with Crippen LogP contribution in [0.5, 0.6) is 5.75 Å². The molecule has 0 aliphatic carbocycles. The number of hydrogen-bond acceptors (Lipinski definition) is 6. The summed E-state index contributed by atoms with van der Waals surface area (Å²) in [7, 11) is 0. The molecule has 0 radical (unpaired) electrons. The maximum absolute atomic E-state index is 12.6. The zero-order chi connectivity index (χ0) is 24.1. The highest BCUT2D eigenvalue weighted by atomic mass is 35.5. The molecule has 1 atom stereocenters. The van der Waals surface area contributed by atoms with Crippen LogP contribution in [-0.4, -0.2) is 35.2 Å². The summed E-state index contributed by atoms with van der Waals surface area (Å²) in [6.45, 7) is 5.03. The maximum Gasteiger partial charge on any atom is 0.227 e. The molecule has 1 N–H and O–H groups in total. The Labute approximate surface area is 208 Å². The van der Waals surface area contributed by atoms with Crippen LogP contribution in [-0.2, 0) is 16.0 Å². The second-order valence-corrected chi connectivity index (χ2v) is 9.73. The minimum absolute atomic E-state index is 0.0301. The number of rotatable bonds is 9. The fraction of sp³-hybridized carbons (Fsp3) is 0.360. The first kappa shape index (κ1) is 24.2. The van der Waals surface area contributed by atoms with Crippen LogP contribution in [0.15, 0.2) is 42.5 Å². The second-order valence-electron chi connectivity index (χ2n) is 8.28. The van der Waals surface area contributed by atoms with Crippen LogP contribution in [0.25, 0.3) is 0 Å². The number of carbonyl (C=O) groups is 2. The van der Waals surface area contributed by atoms with Crippen molar-refractivity contribution >= 4 is 45.6 Å². The predicted molar refractivity (Wildman–Crippen MR) is 135 cm³/mol. The number of amides is 2. The van der Waals surface area contributed by atoms with Crippen LogP contribution in [0, 0.1) is 6.92 Å². The summed E-state index contributed by atoms with van der Waals surface area (Å²) in [6.07, 6.45) is 2.23. The van der Waals surface area contributed by atoms with Gasteiger partial charge in [0.05, 0.1) is 6.61 Å². The lowest BCUT2D eigenvalue weighted by Crippen LogP contribution is -2.24. The molecule has 0 spiro atoms. The van der Waals surface area contributed by atoms with E-state index in [2.05, 4.69) is 34.6 Å².